The van der Waals surface area contributed by atoms with Crippen LogP contribution in [-0.2, 0) is 9.84 Å². The molecule has 3 aromatic rings. The Kier molecular flexibility index (Phi) is 5.70. The Morgan fingerprint density at radius 3 is 2.10 bits per heavy atom. The van der Waals surface area contributed by atoms with Gasteiger partial charge in [0.15, 0.2) is 14.9 Å². The van der Waals surface area contributed by atoms with Crippen LogP contribution in [0.25, 0.3) is 11.3 Å². The second-order valence-corrected chi connectivity index (χ2v) is 8.28. The first-order valence-electron chi connectivity index (χ1n) is 8.44. The molecular formula is C18H13N5O7S. The molecule has 0 saturated heterocycles. The van der Waals surface area contributed by atoms with Crippen molar-refractivity contribution in [1.82, 2.24) is 10.2 Å². The summed E-state index contributed by atoms with van der Waals surface area (Å²) in [6, 6.07) is 11.7. The lowest BCUT2D eigenvalue weighted by molar-refractivity contribution is -0.394. The van der Waals surface area contributed by atoms with Crippen molar-refractivity contribution in [3.8, 4) is 11.3 Å². The monoisotopic (exact) mass is 443 g/mol. The van der Waals surface area contributed by atoms with Gasteiger partial charge in [-0.1, -0.05) is 12.1 Å². The predicted octanol–water partition coefficient (Wildman–Crippen LogP) is 2.62. The molecule has 0 spiro atoms. The summed E-state index contributed by atoms with van der Waals surface area (Å²) in [6.07, 6.45) is 1.01. The van der Waals surface area contributed by atoms with E-state index in [-0.39, 0.29) is 16.3 Å². The number of hydrogen-bond acceptors (Lipinski definition) is 9. The highest BCUT2D eigenvalue weighted by Crippen LogP contribution is 2.25. The topological polar surface area (TPSA) is 175 Å². The van der Waals surface area contributed by atoms with Gasteiger partial charge in [-0.2, -0.15) is 0 Å². The number of carbonyl (C=O) groups excluding carboxylic acids is 1. The van der Waals surface area contributed by atoms with Crippen LogP contribution in [0.1, 0.15) is 10.4 Å². The van der Waals surface area contributed by atoms with Crippen molar-refractivity contribution in [3.05, 3.63) is 80.4 Å². The van der Waals surface area contributed by atoms with Gasteiger partial charge in [-0.15, -0.1) is 10.2 Å². The van der Waals surface area contributed by atoms with Crippen molar-refractivity contribution in [2.75, 3.05) is 11.6 Å². The number of nitro benzene ring substituents is 2. The molecule has 158 valence electrons. The van der Waals surface area contributed by atoms with Crippen LogP contribution >= 0.6 is 0 Å². The second kappa shape index (κ2) is 8.23. The van der Waals surface area contributed by atoms with Gasteiger partial charge >= 0.3 is 0 Å². The molecule has 0 saturated carbocycles. The number of nitrogens with one attached hydrogen (secondary N) is 1. The van der Waals surface area contributed by atoms with Crippen LogP contribution in [0.5, 0.6) is 0 Å². The lowest BCUT2D eigenvalue weighted by Gasteiger charge is -2.08. The fourth-order valence-electron chi connectivity index (χ4n) is 2.57. The van der Waals surface area contributed by atoms with Gasteiger partial charge in [0.05, 0.1) is 27.2 Å². The van der Waals surface area contributed by atoms with E-state index in [1.54, 1.807) is 12.1 Å². The number of rotatable bonds is 6. The molecule has 12 nitrogen and oxygen atoms in total. The van der Waals surface area contributed by atoms with E-state index in [0.29, 0.717) is 11.3 Å². The number of nitrogens with zero attached hydrogens (tertiary/aromatic N) is 4. The van der Waals surface area contributed by atoms with E-state index in [2.05, 4.69) is 15.5 Å². The van der Waals surface area contributed by atoms with Crippen LogP contribution in [0.15, 0.2) is 59.6 Å². The maximum atomic E-state index is 12.5. The van der Waals surface area contributed by atoms with Crippen LogP contribution < -0.4 is 5.32 Å². The largest absolute Gasteiger partial charge is 0.322 e. The molecule has 1 heterocycles. The molecule has 0 radical (unpaired) electrons. The maximum absolute atomic E-state index is 12.5. The number of carbonyl (C=O) groups is 1. The highest BCUT2D eigenvalue weighted by molar-refractivity contribution is 7.90. The van der Waals surface area contributed by atoms with E-state index in [4.69, 9.17) is 0 Å². The average molecular weight is 443 g/mol. The number of aromatic nitrogens is 2. The summed E-state index contributed by atoms with van der Waals surface area (Å²) >= 11 is 0. The molecule has 0 aliphatic heterocycles. The first kappa shape index (κ1) is 21.4. The molecule has 13 heteroatoms. The normalized spacial score (nSPS) is 11.0. The summed E-state index contributed by atoms with van der Waals surface area (Å²) in [6.45, 7) is 0. The Hall–Kier alpha value is -4.26. The standard InChI is InChI=1S/C18H13N5O7S/c1-31(29,30)17-6-5-16(20-21-17)11-3-2-4-13(7-11)19-18(24)12-8-14(22(25)26)10-15(9-12)23(27)28/h2-10H,1H3,(H,19,24). The van der Waals surface area contributed by atoms with Crippen molar-refractivity contribution in [2.24, 2.45) is 0 Å². The number of anilines is 1. The fraction of sp³-hybridized carbons (Fsp3) is 0.0556. The predicted molar refractivity (Wildman–Crippen MR) is 108 cm³/mol. The molecular weight excluding hydrogens is 430 g/mol. The minimum absolute atomic E-state index is 0.187. The maximum Gasteiger partial charge on any atom is 0.277 e. The third kappa shape index (κ3) is 5.02. The van der Waals surface area contributed by atoms with E-state index < -0.39 is 37.0 Å². The molecule has 0 atom stereocenters. The van der Waals surface area contributed by atoms with Crippen molar-refractivity contribution < 1.29 is 23.1 Å². The molecule has 2 aromatic carbocycles. The van der Waals surface area contributed by atoms with Crippen LogP contribution in [0.3, 0.4) is 0 Å². The zero-order valence-electron chi connectivity index (χ0n) is 15.8. The van der Waals surface area contributed by atoms with Gasteiger partial charge in [0.1, 0.15) is 0 Å². The molecule has 1 amide bonds. The molecule has 31 heavy (non-hydrogen) atoms. The van der Waals surface area contributed by atoms with Gasteiger partial charge in [0.2, 0.25) is 0 Å². The summed E-state index contributed by atoms with van der Waals surface area (Å²) in [5.74, 6) is -0.789. The van der Waals surface area contributed by atoms with E-state index >= 15 is 0 Å². The van der Waals surface area contributed by atoms with Gasteiger partial charge in [0, 0.05) is 29.6 Å². The van der Waals surface area contributed by atoms with Crippen LogP contribution in [0.4, 0.5) is 17.1 Å². The SMILES string of the molecule is CS(=O)(=O)c1ccc(-c2cccc(NC(=O)c3cc([N+](=O)[O-])cc([N+](=O)[O-])c3)c2)nn1. The Bertz CT molecular complexity index is 1270. The number of nitro groups is 2. The smallest absolute Gasteiger partial charge is 0.277 e. The van der Waals surface area contributed by atoms with Crippen molar-refractivity contribution in [1.29, 1.82) is 0 Å². The first-order chi connectivity index (χ1) is 14.5. The van der Waals surface area contributed by atoms with Crippen molar-refractivity contribution >= 4 is 32.8 Å². The van der Waals surface area contributed by atoms with Crippen LogP contribution in [-0.4, -0.2) is 40.6 Å². The van der Waals surface area contributed by atoms with Gasteiger partial charge in [-0.3, -0.25) is 25.0 Å². The van der Waals surface area contributed by atoms with Gasteiger partial charge in [0.25, 0.3) is 17.3 Å². The van der Waals surface area contributed by atoms with Crippen molar-refractivity contribution in [2.45, 2.75) is 5.03 Å². The summed E-state index contributed by atoms with van der Waals surface area (Å²) < 4.78 is 23.0. The zero-order valence-corrected chi connectivity index (χ0v) is 16.6. The van der Waals surface area contributed by atoms with Crippen LogP contribution in [0, 0.1) is 20.2 Å². The number of amides is 1. The summed E-state index contributed by atoms with van der Waals surface area (Å²) in [5.41, 5.74) is -0.303. The highest BCUT2D eigenvalue weighted by atomic mass is 32.2. The highest BCUT2D eigenvalue weighted by Gasteiger charge is 2.20. The molecule has 0 unspecified atom stereocenters. The quantitative estimate of drug-likeness (QED) is 0.443. The number of hydrogen-bond donors (Lipinski definition) is 1. The summed E-state index contributed by atoms with van der Waals surface area (Å²) in [4.78, 5) is 32.8. The zero-order chi connectivity index (χ0) is 22.8. The number of sulfone groups is 1. The minimum atomic E-state index is -3.50. The molecule has 0 aliphatic carbocycles. The molecule has 0 aliphatic rings. The van der Waals surface area contributed by atoms with Gasteiger partial charge < -0.3 is 5.32 Å². The average Bonchev–Trinajstić information content (AvgIpc) is 2.73. The first-order valence-corrected chi connectivity index (χ1v) is 10.3. The summed E-state index contributed by atoms with van der Waals surface area (Å²) in [7, 11) is -3.50. The lowest BCUT2D eigenvalue weighted by Crippen LogP contribution is -2.12. The Balaban J connectivity index is 1.88. The molecule has 0 bridgehead atoms. The molecule has 0 fully saturated rings. The minimum Gasteiger partial charge on any atom is -0.322 e. The second-order valence-electron chi connectivity index (χ2n) is 6.32. The Morgan fingerprint density at radius 1 is 0.935 bits per heavy atom. The number of non-ortho nitro benzene ring substituents is 2. The fourth-order valence-corrected chi connectivity index (χ4v) is 3.07. The molecule has 1 N–H and O–H groups in total. The summed E-state index contributed by atoms with van der Waals surface area (Å²) in [5, 5.41) is 31.8. The van der Waals surface area contributed by atoms with Gasteiger partial charge in [-0.05, 0) is 24.3 Å². The van der Waals surface area contributed by atoms with E-state index in [1.807, 2.05) is 0 Å². The third-order valence-corrected chi connectivity index (χ3v) is 5.00. The van der Waals surface area contributed by atoms with Gasteiger partial charge in [-0.25, -0.2) is 8.42 Å². The third-order valence-electron chi connectivity index (χ3n) is 4.02. The Labute approximate surface area is 174 Å². The van der Waals surface area contributed by atoms with E-state index in [0.717, 1.165) is 24.5 Å². The van der Waals surface area contributed by atoms with Crippen LogP contribution in [0.2, 0.25) is 0 Å². The lowest BCUT2D eigenvalue weighted by atomic mass is 10.1. The van der Waals surface area contributed by atoms with Crippen molar-refractivity contribution in [3.63, 3.8) is 0 Å². The molecule has 1 aromatic heterocycles. The number of benzene rings is 2. The Morgan fingerprint density at radius 2 is 1.58 bits per heavy atom. The van der Waals surface area contributed by atoms with E-state index in [9.17, 15) is 33.4 Å². The molecule has 3 rings (SSSR count). The van der Waals surface area contributed by atoms with E-state index in [1.165, 1.54) is 24.3 Å².